The number of aldehydes is 1. The highest BCUT2D eigenvalue weighted by molar-refractivity contribution is 6.32. The van der Waals surface area contributed by atoms with Gasteiger partial charge in [-0.3, -0.25) is 4.79 Å². The van der Waals surface area contributed by atoms with Crippen molar-refractivity contribution in [2.24, 2.45) is 0 Å². The molecule has 74 valence electrons. The Bertz CT molecular complexity index is 354. The van der Waals surface area contributed by atoms with Crippen molar-refractivity contribution >= 4 is 23.7 Å². The van der Waals surface area contributed by atoms with Gasteiger partial charge in [0, 0.05) is 13.6 Å². The van der Waals surface area contributed by atoms with Crippen LogP contribution >= 0.6 is 11.6 Å². The van der Waals surface area contributed by atoms with Crippen LogP contribution in [0.1, 0.15) is 10.4 Å². The van der Waals surface area contributed by atoms with Gasteiger partial charge in [-0.15, -0.1) is 6.58 Å². The van der Waals surface area contributed by atoms with Crippen LogP contribution in [0, 0.1) is 0 Å². The molecule has 14 heavy (non-hydrogen) atoms. The van der Waals surface area contributed by atoms with Crippen LogP contribution in [0.2, 0.25) is 5.15 Å². The average molecular weight is 212 g/mol. The van der Waals surface area contributed by atoms with E-state index in [-0.39, 0.29) is 5.15 Å². The van der Waals surface area contributed by atoms with Crippen molar-refractivity contribution in [3.8, 4) is 0 Å². The summed E-state index contributed by atoms with van der Waals surface area (Å²) in [6.07, 6.45) is 3.69. The van der Waals surface area contributed by atoms with Crippen LogP contribution in [-0.2, 0) is 0 Å². The minimum atomic E-state index is 0.168. The van der Waals surface area contributed by atoms with Gasteiger partial charge in [0.2, 0.25) is 0 Å². The maximum atomic E-state index is 10.7. The Hall–Kier alpha value is -1.42. The third-order valence-corrected chi connectivity index (χ3v) is 2.00. The molecular formula is C9H10ClN3O. The first-order valence-corrected chi connectivity index (χ1v) is 4.36. The monoisotopic (exact) mass is 211 g/mol. The second-order valence-corrected chi connectivity index (χ2v) is 3.05. The van der Waals surface area contributed by atoms with Gasteiger partial charge >= 0.3 is 0 Å². The number of aromatic nitrogens is 2. The molecule has 5 heteroatoms. The first kappa shape index (κ1) is 10.7. The zero-order chi connectivity index (χ0) is 10.6. The molecule has 0 aromatic carbocycles. The van der Waals surface area contributed by atoms with Crippen LogP contribution in [0.4, 0.5) is 5.82 Å². The van der Waals surface area contributed by atoms with Gasteiger partial charge in [0.25, 0.3) is 0 Å². The fraction of sp³-hybridized carbons (Fsp3) is 0.222. The quantitative estimate of drug-likeness (QED) is 0.431. The summed E-state index contributed by atoms with van der Waals surface area (Å²) >= 11 is 5.74. The molecule has 0 aliphatic carbocycles. The smallest absolute Gasteiger partial charge is 0.156 e. The molecule has 0 aliphatic rings. The summed E-state index contributed by atoms with van der Waals surface area (Å²) in [7, 11) is 1.80. The van der Waals surface area contributed by atoms with Crippen LogP contribution < -0.4 is 4.90 Å². The lowest BCUT2D eigenvalue weighted by Crippen LogP contribution is -2.20. The maximum Gasteiger partial charge on any atom is 0.156 e. The Morgan fingerprint density at radius 2 is 2.36 bits per heavy atom. The summed E-state index contributed by atoms with van der Waals surface area (Å²) in [5.41, 5.74) is 0.304. The minimum Gasteiger partial charge on any atom is -0.355 e. The zero-order valence-electron chi connectivity index (χ0n) is 7.77. The van der Waals surface area contributed by atoms with Gasteiger partial charge < -0.3 is 4.90 Å². The predicted octanol–water partition coefficient (Wildman–Crippen LogP) is 1.56. The van der Waals surface area contributed by atoms with E-state index in [0.29, 0.717) is 24.2 Å². The van der Waals surface area contributed by atoms with Crippen molar-refractivity contribution in [1.29, 1.82) is 0 Å². The van der Waals surface area contributed by atoms with E-state index in [1.807, 2.05) is 0 Å². The fourth-order valence-electron chi connectivity index (χ4n) is 1.05. The van der Waals surface area contributed by atoms with E-state index < -0.39 is 0 Å². The number of carbonyl (C=O) groups is 1. The molecule has 0 N–H and O–H groups in total. The van der Waals surface area contributed by atoms with Crippen LogP contribution in [0.15, 0.2) is 19.0 Å². The molecule has 0 bridgehead atoms. The molecule has 1 heterocycles. The number of rotatable bonds is 4. The molecule has 0 saturated heterocycles. The largest absolute Gasteiger partial charge is 0.355 e. The van der Waals surface area contributed by atoms with Crippen LogP contribution in [-0.4, -0.2) is 29.8 Å². The zero-order valence-corrected chi connectivity index (χ0v) is 8.53. The Kier molecular flexibility index (Phi) is 3.59. The summed E-state index contributed by atoms with van der Waals surface area (Å²) in [4.78, 5) is 20.2. The molecule has 0 fully saturated rings. The highest BCUT2D eigenvalue weighted by Crippen LogP contribution is 2.19. The van der Waals surface area contributed by atoms with Gasteiger partial charge in [0.15, 0.2) is 6.29 Å². The number of anilines is 1. The molecule has 4 nitrogen and oxygen atoms in total. The van der Waals surface area contributed by atoms with Crippen molar-refractivity contribution in [1.82, 2.24) is 9.97 Å². The lowest BCUT2D eigenvalue weighted by molar-refractivity contribution is 0.112. The standard InChI is InChI=1S/C9H10ClN3O/c1-3-4-13(2)9-7(5-14)8(10)11-6-12-9/h3,5-6H,1,4H2,2H3. The van der Waals surface area contributed by atoms with Crippen LogP contribution in [0.3, 0.4) is 0 Å². The van der Waals surface area contributed by atoms with Gasteiger partial charge in [-0.25, -0.2) is 9.97 Å². The van der Waals surface area contributed by atoms with Crippen molar-refractivity contribution < 1.29 is 4.79 Å². The topological polar surface area (TPSA) is 46.1 Å². The van der Waals surface area contributed by atoms with Crippen molar-refractivity contribution in [2.45, 2.75) is 0 Å². The molecule has 1 aromatic rings. The van der Waals surface area contributed by atoms with Crippen molar-refractivity contribution in [2.75, 3.05) is 18.5 Å². The number of likely N-dealkylation sites (N-methyl/N-ethyl adjacent to an activating group) is 1. The molecule has 1 rings (SSSR count). The molecular weight excluding hydrogens is 202 g/mol. The van der Waals surface area contributed by atoms with Gasteiger partial charge in [-0.2, -0.15) is 0 Å². The number of carbonyl (C=O) groups excluding carboxylic acids is 1. The summed E-state index contributed by atoms with van der Waals surface area (Å²) < 4.78 is 0. The molecule has 1 aromatic heterocycles. The maximum absolute atomic E-state index is 10.7. The second kappa shape index (κ2) is 4.72. The lowest BCUT2D eigenvalue weighted by Gasteiger charge is -2.17. The van der Waals surface area contributed by atoms with E-state index in [2.05, 4.69) is 16.5 Å². The summed E-state index contributed by atoms with van der Waals surface area (Å²) in [5, 5.41) is 0.168. The van der Waals surface area contributed by atoms with E-state index in [1.54, 1.807) is 18.0 Å². The Balaban J connectivity index is 3.12. The first-order chi connectivity index (χ1) is 6.70. The van der Waals surface area contributed by atoms with E-state index in [0.717, 1.165) is 0 Å². The Labute approximate surface area is 87.2 Å². The van der Waals surface area contributed by atoms with Gasteiger partial charge in [0.1, 0.15) is 17.3 Å². The fourth-order valence-corrected chi connectivity index (χ4v) is 1.22. The van der Waals surface area contributed by atoms with Crippen molar-refractivity contribution in [3.05, 3.63) is 29.7 Å². The van der Waals surface area contributed by atoms with Gasteiger partial charge in [-0.05, 0) is 0 Å². The van der Waals surface area contributed by atoms with Crippen LogP contribution in [0.5, 0.6) is 0 Å². The second-order valence-electron chi connectivity index (χ2n) is 2.69. The SMILES string of the molecule is C=CCN(C)c1ncnc(Cl)c1C=O. The molecule has 0 saturated carbocycles. The normalized spacial score (nSPS) is 9.57. The summed E-state index contributed by atoms with van der Waals surface area (Å²) in [6, 6.07) is 0. The summed E-state index contributed by atoms with van der Waals surface area (Å²) in [6.45, 7) is 4.19. The molecule has 0 amide bonds. The summed E-state index contributed by atoms with van der Waals surface area (Å²) in [5.74, 6) is 0.514. The number of halogens is 1. The third-order valence-electron chi connectivity index (χ3n) is 1.70. The molecule has 0 spiro atoms. The number of hydrogen-bond acceptors (Lipinski definition) is 4. The van der Waals surface area contributed by atoms with Crippen LogP contribution in [0.25, 0.3) is 0 Å². The van der Waals surface area contributed by atoms with E-state index in [9.17, 15) is 4.79 Å². The molecule has 0 atom stereocenters. The highest BCUT2D eigenvalue weighted by Gasteiger charge is 2.11. The Morgan fingerprint density at radius 1 is 1.64 bits per heavy atom. The Morgan fingerprint density at radius 3 is 2.93 bits per heavy atom. The molecule has 0 aliphatic heterocycles. The first-order valence-electron chi connectivity index (χ1n) is 3.98. The highest BCUT2D eigenvalue weighted by atomic mass is 35.5. The van der Waals surface area contributed by atoms with E-state index >= 15 is 0 Å². The van der Waals surface area contributed by atoms with Crippen molar-refractivity contribution in [3.63, 3.8) is 0 Å². The number of hydrogen-bond donors (Lipinski definition) is 0. The van der Waals surface area contributed by atoms with Gasteiger partial charge in [-0.1, -0.05) is 17.7 Å². The average Bonchev–Trinajstić information content (AvgIpc) is 2.17. The lowest BCUT2D eigenvalue weighted by atomic mass is 10.3. The predicted molar refractivity (Wildman–Crippen MR) is 55.9 cm³/mol. The van der Waals surface area contributed by atoms with E-state index in [1.165, 1.54) is 6.33 Å². The minimum absolute atomic E-state index is 0.168. The molecule has 0 unspecified atom stereocenters. The van der Waals surface area contributed by atoms with Gasteiger partial charge in [0.05, 0.1) is 5.56 Å². The number of nitrogens with zero attached hydrogens (tertiary/aromatic N) is 3. The van der Waals surface area contributed by atoms with E-state index in [4.69, 9.17) is 11.6 Å². The molecule has 0 radical (unpaired) electrons. The third kappa shape index (κ3) is 2.09.